The number of unbranched alkanes of at least 4 members (excludes halogenated alkanes) is 1. The van der Waals surface area contributed by atoms with Crippen molar-refractivity contribution in [3.05, 3.63) is 83.6 Å². The zero-order valence-electron chi connectivity index (χ0n) is 18.0. The second kappa shape index (κ2) is 10.5. The molecule has 0 spiro atoms. The van der Waals surface area contributed by atoms with Crippen LogP contribution in [-0.2, 0) is 9.84 Å². The van der Waals surface area contributed by atoms with Crippen LogP contribution in [0.1, 0.15) is 46.7 Å². The fourth-order valence-corrected chi connectivity index (χ4v) is 4.79. The highest BCUT2D eigenvalue weighted by atomic mass is 32.2. The minimum absolute atomic E-state index is 0.0411. The lowest BCUT2D eigenvalue weighted by Gasteiger charge is -2.17. The van der Waals surface area contributed by atoms with Gasteiger partial charge in [0.15, 0.2) is 9.84 Å². The van der Waals surface area contributed by atoms with Gasteiger partial charge in [-0.3, -0.25) is 4.79 Å². The molecule has 8 heteroatoms. The number of benzene rings is 2. The molecule has 32 heavy (non-hydrogen) atoms. The Kier molecular flexibility index (Phi) is 7.69. The third-order valence-corrected chi connectivity index (χ3v) is 7.08. The van der Waals surface area contributed by atoms with Gasteiger partial charge in [0.1, 0.15) is 22.6 Å². The maximum absolute atomic E-state index is 13.6. The van der Waals surface area contributed by atoms with Gasteiger partial charge in [-0.15, -0.1) is 0 Å². The van der Waals surface area contributed by atoms with Crippen molar-refractivity contribution in [1.29, 1.82) is 0 Å². The van der Waals surface area contributed by atoms with Crippen molar-refractivity contribution in [2.24, 2.45) is 0 Å². The zero-order valence-corrected chi connectivity index (χ0v) is 18.8. The highest BCUT2D eigenvalue weighted by molar-refractivity contribution is 7.91. The first-order valence-electron chi connectivity index (χ1n) is 10.4. The number of aryl methyl sites for hydroxylation is 1. The third kappa shape index (κ3) is 5.56. The quantitative estimate of drug-likeness (QED) is 0.346. The topological polar surface area (TPSA) is 85.6 Å². The fraction of sp³-hybridized carbons (Fsp3) is 0.292. The van der Waals surface area contributed by atoms with Crippen LogP contribution >= 0.6 is 0 Å². The van der Waals surface area contributed by atoms with E-state index in [0.717, 1.165) is 18.9 Å². The summed E-state index contributed by atoms with van der Waals surface area (Å²) in [7, 11) is -3.96. The summed E-state index contributed by atoms with van der Waals surface area (Å²) in [4.78, 5) is 12.6. The minimum Gasteiger partial charge on any atom is -0.494 e. The van der Waals surface area contributed by atoms with Gasteiger partial charge in [0.2, 0.25) is 0 Å². The SMILES string of the molecule is CCCCOc1ccc(C(=O)NC[C@@H](c2ccco2)S(=O)(=O)c2ccc(F)c(C)c2)cc1. The van der Waals surface area contributed by atoms with Crippen molar-refractivity contribution in [2.75, 3.05) is 13.2 Å². The summed E-state index contributed by atoms with van der Waals surface area (Å²) in [5.74, 6) is -0.0641. The third-order valence-electron chi connectivity index (χ3n) is 5.02. The molecule has 0 aliphatic heterocycles. The monoisotopic (exact) mass is 459 g/mol. The fourth-order valence-electron chi connectivity index (χ4n) is 3.12. The normalized spacial score (nSPS) is 12.3. The highest BCUT2D eigenvalue weighted by Gasteiger charge is 2.32. The Labute approximate surface area is 187 Å². The van der Waals surface area contributed by atoms with E-state index in [1.165, 1.54) is 31.4 Å². The van der Waals surface area contributed by atoms with Crippen LogP contribution in [0.2, 0.25) is 0 Å². The molecule has 1 heterocycles. The summed E-state index contributed by atoms with van der Waals surface area (Å²) >= 11 is 0. The van der Waals surface area contributed by atoms with E-state index in [4.69, 9.17) is 9.15 Å². The molecule has 1 aromatic heterocycles. The summed E-state index contributed by atoms with van der Waals surface area (Å²) in [6, 6.07) is 13.4. The number of hydrogen-bond donors (Lipinski definition) is 1. The summed E-state index contributed by atoms with van der Waals surface area (Å²) in [6.07, 6.45) is 3.34. The van der Waals surface area contributed by atoms with E-state index < -0.39 is 26.8 Å². The first-order valence-corrected chi connectivity index (χ1v) is 11.9. The zero-order chi connectivity index (χ0) is 23.1. The Bertz CT molecular complexity index is 1140. The molecule has 0 aliphatic carbocycles. The van der Waals surface area contributed by atoms with Gasteiger partial charge in [-0.2, -0.15) is 0 Å². The predicted molar refractivity (Wildman–Crippen MR) is 119 cm³/mol. The molecule has 6 nitrogen and oxygen atoms in total. The molecule has 1 N–H and O–H groups in total. The summed E-state index contributed by atoms with van der Waals surface area (Å²) in [5.41, 5.74) is 0.593. The average Bonchev–Trinajstić information content (AvgIpc) is 3.30. The Morgan fingerprint density at radius 3 is 2.53 bits per heavy atom. The molecule has 0 radical (unpaired) electrons. The Balaban J connectivity index is 1.75. The average molecular weight is 460 g/mol. The number of hydrogen-bond acceptors (Lipinski definition) is 5. The number of rotatable bonds is 10. The van der Waals surface area contributed by atoms with Gasteiger partial charge >= 0.3 is 0 Å². The van der Waals surface area contributed by atoms with Gasteiger partial charge in [-0.1, -0.05) is 13.3 Å². The summed E-state index contributed by atoms with van der Waals surface area (Å²) < 4.78 is 51.1. The predicted octanol–water partition coefficient (Wildman–Crippen LogP) is 4.85. The maximum atomic E-state index is 13.6. The first kappa shape index (κ1) is 23.5. The maximum Gasteiger partial charge on any atom is 0.251 e. The Morgan fingerprint density at radius 2 is 1.91 bits per heavy atom. The molecular weight excluding hydrogens is 433 g/mol. The van der Waals surface area contributed by atoms with Crippen LogP contribution in [-0.4, -0.2) is 27.5 Å². The van der Waals surface area contributed by atoms with Crippen LogP contribution in [0.25, 0.3) is 0 Å². The van der Waals surface area contributed by atoms with E-state index >= 15 is 0 Å². The summed E-state index contributed by atoms with van der Waals surface area (Å²) in [5, 5.41) is 1.50. The number of ether oxygens (including phenoxy) is 1. The molecule has 0 saturated carbocycles. The molecule has 0 aliphatic rings. The van der Waals surface area contributed by atoms with Gasteiger partial charge in [0, 0.05) is 12.1 Å². The standard InChI is InChI=1S/C24H26FNO5S/c1-3-4-13-30-19-9-7-18(8-10-19)24(27)26-16-23(22-6-5-14-31-22)32(28,29)20-11-12-21(25)17(2)15-20/h5-12,14-15,23H,3-4,13,16H2,1-2H3,(H,26,27)/t23-/m0/s1. The van der Waals surface area contributed by atoms with Gasteiger partial charge in [0.05, 0.1) is 17.8 Å². The van der Waals surface area contributed by atoms with Crippen LogP contribution in [0.5, 0.6) is 5.75 Å². The Morgan fingerprint density at radius 1 is 1.16 bits per heavy atom. The van der Waals surface area contributed by atoms with Gasteiger partial charge in [-0.05, 0) is 73.5 Å². The lowest BCUT2D eigenvalue weighted by atomic mass is 10.2. The van der Waals surface area contributed by atoms with E-state index in [1.807, 2.05) is 0 Å². The molecular formula is C24H26FNO5S. The molecule has 0 saturated heterocycles. The number of carbonyl (C=O) groups excluding carboxylic acids is 1. The van der Waals surface area contributed by atoms with Gasteiger partial charge < -0.3 is 14.5 Å². The van der Waals surface area contributed by atoms with Crippen molar-refractivity contribution >= 4 is 15.7 Å². The van der Waals surface area contributed by atoms with E-state index in [2.05, 4.69) is 12.2 Å². The van der Waals surface area contributed by atoms with Crippen molar-refractivity contribution in [3.8, 4) is 5.75 Å². The largest absolute Gasteiger partial charge is 0.494 e. The lowest BCUT2D eigenvalue weighted by Crippen LogP contribution is -2.31. The molecule has 170 valence electrons. The highest BCUT2D eigenvalue weighted by Crippen LogP contribution is 2.30. The first-order chi connectivity index (χ1) is 15.3. The summed E-state index contributed by atoms with van der Waals surface area (Å²) in [6.45, 7) is 3.96. The second-order valence-corrected chi connectivity index (χ2v) is 9.53. The minimum atomic E-state index is -3.96. The molecule has 1 atom stereocenters. The molecule has 0 fully saturated rings. The Hall–Kier alpha value is -3.13. The molecule has 2 aromatic carbocycles. The number of carbonyl (C=O) groups is 1. The van der Waals surface area contributed by atoms with E-state index in [1.54, 1.807) is 30.3 Å². The second-order valence-electron chi connectivity index (χ2n) is 7.40. The molecule has 0 unspecified atom stereocenters. The number of halogens is 1. The molecule has 3 aromatic rings. The van der Waals surface area contributed by atoms with E-state index in [0.29, 0.717) is 17.9 Å². The van der Waals surface area contributed by atoms with Crippen molar-refractivity contribution in [3.63, 3.8) is 0 Å². The van der Waals surface area contributed by atoms with Crippen molar-refractivity contribution in [1.82, 2.24) is 5.32 Å². The van der Waals surface area contributed by atoms with Crippen LogP contribution in [0.3, 0.4) is 0 Å². The van der Waals surface area contributed by atoms with Crippen LogP contribution in [0.15, 0.2) is 70.2 Å². The lowest BCUT2D eigenvalue weighted by molar-refractivity contribution is 0.0953. The molecule has 1 amide bonds. The van der Waals surface area contributed by atoms with E-state index in [9.17, 15) is 17.6 Å². The smallest absolute Gasteiger partial charge is 0.251 e. The van der Waals surface area contributed by atoms with Gasteiger partial charge in [-0.25, -0.2) is 12.8 Å². The number of nitrogens with one attached hydrogen (secondary N) is 1. The number of amides is 1. The number of sulfone groups is 1. The van der Waals surface area contributed by atoms with Crippen LogP contribution in [0, 0.1) is 12.7 Å². The van der Waals surface area contributed by atoms with Crippen molar-refractivity contribution < 1.29 is 26.8 Å². The number of furan rings is 1. The van der Waals surface area contributed by atoms with Crippen LogP contribution < -0.4 is 10.1 Å². The van der Waals surface area contributed by atoms with Crippen LogP contribution in [0.4, 0.5) is 4.39 Å². The van der Waals surface area contributed by atoms with E-state index in [-0.39, 0.29) is 22.8 Å². The van der Waals surface area contributed by atoms with Crippen molar-refractivity contribution in [2.45, 2.75) is 36.8 Å². The molecule has 3 rings (SSSR count). The van der Waals surface area contributed by atoms with Gasteiger partial charge in [0.25, 0.3) is 5.91 Å². The molecule has 0 bridgehead atoms.